The SMILES string of the molecule is C[C@@]12CCC(=O)N1[C@H](C(=O)OCc1nc(-c3cccc(Cl)c3)no1)CS2. The molecule has 0 unspecified atom stereocenters. The summed E-state index contributed by atoms with van der Waals surface area (Å²) < 4.78 is 10.5. The molecule has 2 fully saturated rings. The quantitative estimate of drug-likeness (QED) is 0.738. The lowest BCUT2D eigenvalue weighted by Gasteiger charge is -2.29. The molecule has 9 heteroatoms. The number of carbonyl (C=O) groups is 2. The molecule has 26 heavy (non-hydrogen) atoms. The van der Waals surface area contributed by atoms with Gasteiger partial charge in [-0.3, -0.25) is 4.79 Å². The highest BCUT2D eigenvalue weighted by Crippen LogP contribution is 2.47. The Balaban J connectivity index is 1.40. The molecule has 2 aliphatic heterocycles. The number of aromatic nitrogens is 2. The van der Waals surface area contributed by atoms with Gasteiger partial charge >= 0.3 is 5.97 Å². The molecule has 0 saturated carbocycles. The van der Waals surface area contributed by atoms with Gasteiger partial charge in [-0.15, -0.1) is 11.8 Å². The van der Waals surface area contributed by atoms with Gasteiger partial charge in [-0.05, 0) is 25.5 Å². The van der Waals surface area contributed by atoms with Crippen LogP contribution in [0.4, 0.5) is 0 Å². The van der Waals surface area contributed by atoms with Crippen molar-refractivity contribution in [3.8, 4) is 11.4 Å². The van der Waals surface area contributed by atoms with E-state index in [2.05, 4.69) is 10.1 Å². The first-order chi connectivity index (χ1) is 12.5. The van der Waals surface area contributed by atoms with Gasteiger partial charge in [0.15, 0.2) is 6.61 Å². The highest BCUT2D eigenvalue weighted by atomic mass is 35.5. The van der Waals surface area contributed by atoms with Gasteiger partial charge in [-0.1, -0.05) is 28.9 Å². The van der Waals surface area contributed by atoms with Crippen LogP contribution in [-0.4, -0.2) is 43.6 Å². The third-order valence-corrected chi connectivity index (χ3v) is 6.35. The Hall–Kier alpha value is -2.06. The fourth-order valence-electron chi connectivity index (χ4n) is 3.28. The Kier molecular flexibility index (Phi) is 4.40. The third-order valence-electron chi connectivity index (χ3n) is 4.61. The van der Waals surface area contributed by atoms with E-state index in [9.17, 15) is 9.59 Å². The zero-order chi connectivity index (χ0) is 18.3. The Bertz CT molecular complexity index is 873. The summed E-state index contributed by atoms with van der Waals surface area (Å²) in [6, 6.07) is 6.51. The Morgan fingerprint density at radius 3 is 3.19 bits per heavy atom. The zero-order valence-electron chi connectivity index (χ0n) is 14.0. The van der Waals surface area contributed by atoms with Crippen molar-refractivity contribution in [3.63, 3.8) is 0 Å². The Morgan fingerprint density at radius 2 is 2.38 bits per heavy atom. The second-order valence-corrected chi connectivity index (χ2v) is 8.33. The molecule has 4 rings (SSSR count). The number of ether oxygens (including phenoxy) is 1. The predicted octanol–water partition coefficient (Wildman–Crippen LogP) is 2.89. The normalized spacial score (nSPS) is 24.8. The molecule has 0 spiro atoms. The van der Waals surface area contributed by atoms with Gasteiger partial charge in [-0.2, -0.15) is 4.98 Å². The maximum absolute atomic E-state index is 12.4. The van der Waals surface area contributed by atoms with Gasteiger partial charge in [0, 0.05) is 22.8 Å². The van der Waals surface area contributed by atoms with Crippen LogP contribution in [0.15, 0.2) is 28.8 Å². The second-order valence-electron chi connectivity index (χ2n) is 6.40. The fraction of sp³-hybridized carbons (Fsp3) is 0.412. The van der Waals surface area contributed by atoms with Crippen molar-refractivity contribution in [2.45, 2.75) is 37.3 Å². The molecule has 1 amide bonds. The van der Waals surface area contributed by atoms with Crippen molar-refractivity contribution in [1.29, 1.82) is 0 Å². The van der Waals surface area contributed by atoms with E-state index in [1.807, 2.05) is 13.0 Å². The molecule has 0 bridgehead atoms. The van der Waals surface area contributed by atoms with E-state index < -0.39 is 12.0 Å². The first kappa shape index (κ1) is 17.4. The molecular formula is C17H16ClN3O4S. The van der Waals surface area contributed by atoms with Gasteiger partial charge in [0.25, 0.3) is 5.89 Å². The van der Waals surface area contributed by atoms with Crippen LogP contribution in [0.2, 0.25) is 5.02 Å². The number of benzene rings is 1. The molecule has 2 aliphatic rings. The minimum atomic E-state index is -0.560. The number of esters is 1. The number of amides is 1. The number of carbonyl (C=O) groups excluding carboxylic acids is 2. The monoisotopic (exact) mass is 393 g/mol. The number of hydrogen-bond donors (Lipinski definition) is 0. The lowest BCUT2D eigenvalue weighted by Crippen LogP contribution is -2.46. The van der Waals surface area contributed by atoms with Crippen molar-refractivity contribution in [1.82, 2.24) is 15.0 Å². The maximum atomic E-state index is 12.4. The van der Waals surface area contributed by atoms with E-state index >= 15 is 0 Å². The van der Waals surface area contributed by atoms with Gasteiger partial charge in [0.05, 0.1) is 4.87 Å². The van der Waals surface area contributed by atoms with Crippen molar-refractivity contribution < 1.29 is 18.8 Å². The van der Waals surface area contributed by atoms with Crippen LogP contribution in [0, 0.1) is 0 Å². The standard InChI is InChI=1S/C17H16ClN3O4S/c1-17-6-5-14(22)21(17)12(9-26-17)16(23)24-8-13-19-15(20-25-13)10-3-2-4-11(18)7-10/h2-4,7,12H,5-6,8-9H2,1H3/t12-,17+/m0/s1. The summed E-state index contributed by atoms with van der Waals surface area (Å²) in [6.45, 7) is 1.86. The summed E-state index contributed by atoms with van der Waals surface area (Å²) in [6.07, 6.45) is 1.23. The highest BCUT2D eigenvalue weighted by Gasteiger charge is 2.53. The van der Waals surface area contributed by atoms with Crippen molar-refractivity contribution in [3.05, 3.63) is 35.2 Å². The molecule has 3 heterocycles. The number of halogens is 1. The molecule has 136 valence electrons. The average molecular weight is 394 g/mol. The van der Waals surface area contributed by atoms with Crippen LogP contribution in [-0.2, 0) is 20.9 Å². The van der Waals surface area contributed by atoms with Gasteiger partial charge in [-0.25, -0.2) is 4.79 Å². The molecule has 2 saturated heterocycles. The van der Waals surface area contributed by atoms with Crippen molar-refractivity contribution in [2.24, 2.45) is 0 Å². The minimum absolute atomic E-state index is 0.000447. The lowest BCUT2D eigenvalue weighted by atomic mass is 10.2. The molecule has 0 aliphatic carbocycles. The largest absolute Gasteiger partial charge is 0.454 e. The number of fused-ring (bicyclic) bond motifs is 1. The van der Waals surface area contributed by atoms with Crippen LogP contribution in [0.1, 0.15) is 25.7 Å². The lowest BCUT2D eigenvalue weighted by molar-refractivity contribution is -0.155. The molecule has 1 aromatic carbocycles. The van der Waals surface area contributed by atoms with Crippen LogP contribution in [0.5, 0.6) is 0 Å². The zero-order valence-corrected chi connectivity index (χ0v) is 15.5. The fourth-order valence-corrected chi connectivity index (χ4v) is 4.89. The topological polar surface area (TPSA) is 85.5 Å². The first-order valence-corrected chi connectivity index (χ1v) is 9.54. The van der Waals surface area contributed by atoms with Crippen molar-refractivity contribution >= 4 is 35.2 Å². The van der Waals surface area contributed by atoms with E-state index in [1.54, 1.807) is 34.9 Å². The summed E-state index contributed by atoms with van der Waals surface area (Å²) >= 11 is 7.57. The van der Waals surface area contributed by atoms with E-state index in [0.29, 0.717) is 28.6 Å². The number of hydrogen-bond acceptors (Lipinski definition) is 7. The maximum Gasteiger partial charge on any atom is 0.330 e. The van der Waals surface area contributed by atoms with E-state index in [-0.39, 0.29) is 23.3 Å². The minimum Gasteiger partial charge on any atom is -0.454 e. The summed E-state index contributed by atoms with van der Waals surface area (Å²) in [5.41, 5.74) is 0.712. The van der Waals surface area contributed by atoms with Gasteiger partial charge < -0.3 is 14.2 Å². The summed E-state index contributed by atoms with van der Waals surface area (Å²) in [4.78, 5) is 30.1. The van der Waals surface area contributed by atoms with Crippen LogP contribution >= 0.6 is 23.4 Å². The Labute approximate surface area is 159 Å². The van der Waals surface area contributed by atoms with Crippen LogP contribution < -0.4 is 0 Å². The number of thioether (sulfide) groups is 1. The molecule has 1 aromatic heterocycles. The second kappa shape index (κ2) is 6.59. The summed E-state index contributed by atoms with van der Waals surface area (Å²) in [5.74, 6) is 0.657. The van der Waals surface area contributed by atoms with E-state index in [4.69, 9.17) is 20.9 Å². The summed E-state index contributed by atoms with van der Waals surface area (Å²) in [7, 11) is 0. The van der Waals surface area contributed by atoms with Gasteiger partial charge in [0.1, 0.15) is 6.04 Å². The average Bonchev–Trinajstić information content (AvgIpc) is 3.29. The van der Waals surface area contributed by atoms with Crippen molar-refractivity contribution in [2.75, 3.05) is 5.75 Å². The smallest absolute Gasteiger partial charge is 0.330 e. The van der Waals surface area contributed by atoms with Crippen LogP contribution in [0.25, 0.3) is 11.4 Å². The molecule has 2 atom stereocenters. The molecule has 2 aromatic rings. The van der Waals surface area contributed by atoms with E-state index in [1.165, 1.54) is 0 Å². The Morgan fingerprint density at radius 1 is 1.54 bits per heavy atom. The molecule has 7 nitrogen and oxygen atoms in total. The van der Waals surface area contributed by atoms with Crippen LogP contribution in [0.3, 0.4) is 0 Å². The first-order valence-electron chi connectivity index (χ1n) is 8.17. The van der Waals surface area contributed by atoms with Gasteiger partial charge in [0.2, 0.25) is 11.7 Å². The summed E-state index contributed by atoms with van der Waals surface area (Å²) in [5, 5.41) is 4.44. The molecule has 0 radical (unpaired) electrons. The predicted molar refractivity (Wildman–Crippen MR) is 95.3 cm³/mol. The number of rotatable bonds is 4. The van der Waals surface area contributed by atoms with E-state index in [0.717, 1.165) is 6.42 Å². The molecule has 0 N–H and O–H groups in total. The molecular weight excluding hydrogens is 378 g/mol. The third kappa shape index (κ3) is 3.07. The highest BCUT2D eigenvalue weighted by molar-refractivity contribution is 8.01. The number of nitrogens with zero attached hydrogens (tertiary/aromatic N) is 3.